The Morgan fingerprint density at radius 1 is 0.966 bits per heavy atom. The van der Waals surface area contributed by atoms with Gasteiger partial charge in [-0.3, -0.25) is 20.4 Å². The Morgan fingerprint density at radius 3 is 2.62 bits per heavy atom. The Kier molecular flexibility index (Phi) is 5.47. The number of hydrazine groups is 1. The van der Waals surface area contributed by atoms with Crippen LogP contribution in [0, 0.1) is 5.92 Å². The van der Waals surface area contributed by atoms with E-state index in [9.17, 15) is 9.59 Å². The van der Waals surface area contributed by atoms with Crippen molar-refractivity contribution in [1.29, 1.82) is 0 Å². The molecule has 1 aliphatic heterocycles. The molecular weight excluding hydrogens is 372 g/mol. The molecule has 148 valence electrons. The van der Waals surface area contributed by atoms with Gasteiger partial charge in [0.15, 0.2) is 5.76 Å². The van der Waals surface area contributed by atoms with Crippen LogP contribution in [0.4, 0.5) is 0 Å². The summed E-state index contributed by atoms with van der Waals surface area (Å²) >= 11 is 0. The number of para-hydroxylation sites is 2. The summed E-state index contributed by atoms with van der Waals surface area (Å²) in [6, 6.07) is 20.1. The third-order valence-electron chi connectivity index (χ3n) is 4.56. The van der Waals surface area contributed by atoms with E-state index in [-0.39, 0.29) is 30.8 Å². The molecule has 4 rings (SSSR count). The quantitative estimate of drug-likeness (QED) is 0.652. The molecule has 0 bridgehead atoms. The molecule has 7 nitrogen and oxygen atoms in total. The smallest absolute Gasteiger partial charge is 0.305 e. The Bertz CT molecular complexity index is 999. The molecule has 2 amide bonds. The number of hydrogen-bond donors (Lipinski definition) is 2. The zero-order valence-electron chi connectivity index (χ0n) is 15.6. The number of carbonyl (C=O) groups excluding carboxylic acids is 2. The normalized spacial score (nSPS) is 15.0. The number of hydrogen-bond acceptors (Lipinski definition) is 5. The lowest BCUT2D eigenvalue weighted by Crippen LogP contribution is -2.46. The number of ether oxygens (including phenoxy) is 2. The summed E-state index contributed by atoms with van der Waals surface area (Å²) in [4.78, 5) is 24.6. The predicted molar refractivity (Wildman–Crippen MR) is 104 cm³/mol. The fraction of sp³-hybridized carbons (Fsp3) is 0.182. The number of rotatable bonds is 5. The van der Waals surface area contributed by atoms with Crippen LogP contribution in [-0.4, -0.2) is 18.4 Å². The molecule has 0 fully saturated rings. The summed E-state index contributed by atoms with van der Waals surface area (Å²) in [7, 11) is 0. The second-order valence-corrected chi connectivity index (χ2v) is 6.63. The van der Waals surface area contributed by atoms with Crippen molar-refractivity contribution in [3.05, 3.63) is 83.8 Å². The average Bonchev–Trinajstić information content (AvgIpc) is 3.25. The number of furan rings is 1. The van der Waals surface area contributed by atoms with E-state index < -0.39 is 5.91 Å². The van der Waals surface area contributed by atoms with Crippen molar-refractivity contribution < 1.29 is 23.5 Å². The molecule has 7 heteroatoms. The summed E-state index contributed by atoms with van der Waals surface area (Å²) in [5.74, 6) is 0.856. The predicted octanol–water partition coefficient (Wildman–Crippen LogP) is 2.87. The summed E-state index contributed by atoms with van der Waals surface area (Å²) in [5, 5.41) is 0. The second-order valence-electron chi connectivity index (χ2n) is 6.63. The van der Waals surface area contributed by atoms with Crippen molar-refractivity contribution in [2.45, 2.75) is 13.0 Å². The third-order valence-corrected chi connectivity index (χ3v) is 4.56. The summed E-state index contributed by atoms with van der Waals surface area (Å²) in [6.45, 7) is 0.461. The number of nitrogens with one attached hydrogen (secondary N) is 2. The monoisotopic (exact) mass is 392 g/mol. The molecule has 1 aromatic heterocycles. The van der Waals surface area contributed by atoms with E-state index in [1.54, 1.807) is 6.07 Å². The lowest BCUT2D eigenvalue weighted by molar-refractivity contribution is -0.127. The van der Waals surface area contributed by atoms with Crippen LogP contribution in [0.3, 0.4) is 0 Å². The first-order valence-electron chi connectivity index (χ1n) is 9.26. The van der Waals surface area contributed by atoms with Crippen molar-refractivity contribution in [3.8, 4) is 11.5 Å². The zero-order chi connectivity index (χ0) is 20.1. The lowest BCUT2D eigenvalue weighted by Gasteiger charge is -2.24. The molecule has 3 aromatic rings. The molecule has 0 spiro atoms. The van der Waals surface area contributed by atoms with Gasteiger partial charge in [0.2, 0.25) is 5.91 Å². The van der Waals surface area contributed by atoms with Crippen LogP contribution >= 0.6 is 0 Å². The van der Waals surface area contributed by atoms with E-state index in [0.29, 0.717) is 17.9 Å². The van der Waals surface area contributed by atoms with Crippen LogP contribution in [-0.2, 0) is 17.8 Å². The van der Waals surface area contributed by atoms with Crippen LogP contribution in [0.25, 0.3) is 0 Å². The second kappa shape index (κ2) is 8.52. The molecule has 0 aliphatic carbocycles. The molecule has 0 saturated heterocycles. The van der Waals surface area contributed by atoms with Gasteiger partial charge < -0.3 is 13.9 Å². The maximum Gasteiger partial charge on any atom is 0.305 e. The SMILES string of the molecule is O=C(NNC(=O)C1COc2ccccc2C1)c1ccc(COc2ccccc2)o1. The summed E-state index contributed by atoms with van der Waals surface area (Å²) in [6.07, 6.45) is 0.555. The maximum atomic E-state index is 12.4. The highest BCUT2D eigenvalue weighted by molar-refractivity contribution is 5.93. The van der Waals surface area contributed by atoms with Crippen LogP contribution in [0.2, 0.25) is 0 Å². The molecule has 2 heterocycles. The zero-order valence-corrected chi connectivity index (χ0v) is 15.6. The molecule has 0 radical (unpaired) electrons. The van der Waals surface area contributed by atoms with Gasteiger partial charge in [-0.2, -0.15) is 0 Å². The minimum atomic E-state index is -0.540. The van der Waals surface area contributed by atoms with Crippen LogP contribution in [0.15, 0.2) is 71.1 Å². The fourth-order valence-electron chi connectivity index (χ4n) is 3.03. The van der Waals surface area contributed by atoms with Gasteiger partial charge in [-0.05, 0) is 42.3 Å². The topological polar surface area (TPSA) is 89.8 Å². The highest BCUT2D eigenvalue weighted by Gasteiger charge is 2.26. The van der Waals surface area contributed by atoms with Crippen molar-refractivity contribution in [3.63, 3.8) is 0 Å². The molecule has 2 N–H and O–H groups in total. The molecular formula is C22H20N2O5. The van der Waals surface area contributed by atoms with Crippen molar-refractivity contribution >= 4 is 11.8 Å². The first-order valence-corrected chi connectivity index (χ1v) is 9.26. The van der Waals surface area contributed by atoms with E-state index in [1.165, 1.54) is 6.07 Å². The van der Waals surface area contributed by atoms with Gasteiger partial charge in [-0.15, -0.1) is 0 Å². The minimum absolute atomic E-state index is 0.0854. The van der Waals surface area contributed by atoms with Gasteiger partial charge in [0, 0.05) is 0 Å². The molecule has 29 heavy (non-hydrogen) atoms. The Morgan fingerprint density at radius 2 is 1.76 bits per heavy atom. The average molecular weight is 392 g/mol. The van der Waals surface area contributed by atoms with Crippen LogP contribution in [0.1, 0.15) is 21.9 Å². The van der Waals surface area contributed by atoms with E-state index in [0.717, 1.165) is 11.3 Å². The first-order chi connectivity index (χ1) is 14.2. The standard InChI is InChI=1S/C22H20N2O5/c25-21(16-12-15-6-4-5-9-19(15)28-13-16)23-24-22(26)20-11-10-18(29-20)14-27-17-7-2-1-3-8-17/h1-11,16H,12-14H2,(H,23,25)(H,24,26). The summed E-state index contributed by atoms with van der Waals surface area (Å²) < 4.78 is 16.7. The van der Waals surface area contributed by atoms with Gasteiger partial charge in [0.05, 0.1) is 5.92 Å². The van der Waals surface area contributed by atoms with Gasteiger partial charge in [-0.1, -0.05) is 36.4 Å². The maximum absolute atomic E-state index is 12.4. The van der Waals surface area contributed by atoms with Gasteiger partial charge in [-0.25, -0.2) is 0 Å². The number of amides is 2. The van der Waals surface area contributed by atoms with E-state index >= 15 is 0 Å². The van der Waals surface area contributed by atoms with E-state index in [4.69, 9.17) is 13.9 Å². The minimum Gasteiger partial charge on any atom is -0.492 e. The number of carbonyl (C=O) groups is 2. The highest BCUT2D eigenvalue weighted by atomic mass is 16.5. The molecule has 1 atom stereocenters. The van der Waals surface area contributed by atoms with Gasteiger partial charge in [0.1, 0.15) is 30.5 Å². The lowest BCUT2D eigenvalue weighted by atomic mass is 9.96. The summed E-state index contributed by atoms with van der Waals surface area (Å²) in [5.41, 5.74) is 5.79. The highest BCUT2D eigenvalue weighted by Crippen LogP contribution is 2.26. The van der Waals surface area contributed by atoms with Crippen molar-refractivity contribution in [1.82, 2.24) is 10.9 Å². The third kappa shape index (κ3) is 4.57. The van der Waals surface area contributed by atoms with Crippen molar-refractivity contribution in [2.75, 3.05) is 6.61 Å². The molecule has 0 saturated carbocycles. The Labute approximate surface area is 167 Å². The van der Waals surface area contributed by atoms with Gasteiger partial charge >= 0.3 is 5.91 Å². The molecule has 2 aromatic carbocycles. The number of fused-ring (bicyclic) bond motifs is 1. The van der Waals surface area contributed by atoms with Gasteiger partial charge in [0.25, 0.3) is 0 Å². The fourth-order valence-corrected chi connectivity index (χ4v) is 3.03. The van der Waals surface area contributed by atoms with E-state index in [2.05, 4.69) is 10.9 Å². The molecule has 1 unspecified atom stereocenters. The number of benzene rings is 2. The molecule has 1 aliphatic rings. The Hall–Kier alpha value is -3.74. The van der Waals surface area contributed by atoms with Crippen molar-refractivity contribution in [2.24, 2.45) is 5.92 Å². The first kappa shape index (κ1) is 18.6. The van der Waals surface area contributed by atoms with Crippen LogP contribution in [0.5, 0.6) is 11.5 Å². The van der Waals surface area contributed by atoms with E-state index in [1.807, 2.05) is 54.6 Å². The van der Waals surface area contributed by atoms with Crippen LogP contribution < -0.4 is 20.3 Å². The largest absolute Gasteiger partial charge is 0.492 e. The Balaban J connectivity index is 1.27.